The standard InChI is InChI=1S/C16H18N2O2/c1-10-5-4-6-15(11(10)2)18-12-7-8-14(17)13(9-12)16(19)20-3/h4-9,18H,17H2,1-3H3. The molecular formula is C16H18N2O2. The van der Waals surface area contributed by atoms with Crippen LogP contribution in [0.2, 0.25) is 0 Å². The average Bonchev–Trinajstić information content (AvgIpc) is 2.45. The number of ether oxygens (including phenoxy) is 1. The molecule has 0 aromatic heterocycles. The minimum atomic E-state index is -0.438. The van der Waals surface area contributed by atoms with Crippen LogP contribution in [0.5, 0.6) is 0 Å². The molecule has 0 aliphatic heterocycles. The number of nitrogens with two attached hydrogens (primary N) is 1. The minimum absolute atomic E-state index is 0.364. The van der Waals surface area contributed by atoms with E-state index < -0.39 is 5.97 Å². The number of rotatable bonds is 3. The number of hydrogen-bond donors (Lipinski definition) is 2. The lowest BCUT2D eigenvalue weighted by Crippen LogP contribution is -2.06. The summed E-state index contributed by atoms with van der Waals surface area (Å²) < 4.78 is 4.72. The third-order valence-corrected chi connectivity index (χ3v) is 3.34. The fraction of sp³-hybridized carbons (Fsp3) is 0.188. The molecule has 3 N–H and O–H groups in total. The fourth-order valence-corrected chi connectivity index (χ4v) is 1.96. The van der Waals surface area contributed by atoms with Crippen LogP contribution in [0.4, 0.5) is 17.1 Å². The molecule has 0 amide bonds. The van der Waals surface area contributed by atoms with Crippen LogP contribution in [-0.4, -0.2) is 13.1 Å². The molecule has 0 aliphatic rings. The molecule has 20 heavy (non-hydrogen) atoms. The lowest BCUT2D eigenvalue weighted by atomic mass is 10.1. The van der Waals surface area contributed by atoms with E-state index in [1.54, 1.807) is 12.1 Å². The molecule has 0 saturated heterocycles. The van der Waals surface area contributed by atoms with E-state index in [0.29, 0.717) is 11.3 Å². The van der Waals surface area contributed by atoms with Crippen molar-refractivity contribution < 1.29 is 9.53 Å². The van der Waals surface area contributed by atoms with Gasteiger partial charge in [-0.3, -0.25) is 0 Å². The van der Waals surface area contributed by atoms with Gasteiger partial charge >= 0.3 is 5.97 Å². The molecule has 0 unspecified atom stereocenters. The van der Waals surface area contributed by atoms with Crippen molar-refractivity contribution in [3.8, 4) is 0 Å². The fourth-order valence-electron chi connectivity index (χ4n) is 1.96. The first kappa shape index (κ1) is 13.9. The molecule has 0 spiro atoms. The van der Waals surface area contributed by atoms with Gasteiger partial charge in [0.1, 0.15) is 0 Å². The van der Waals surface area contributed by atoms with Gasteiger partial charge in [-0.15, -0.1) is 0 Å². The van der Waals surface area contributed by atoms with Crippen LogP contribution in [0.1, 0.15) is 21.5 Å². The van der Waals surface area contributed by atoms with Crippen molar-refractivity contribution in [3.05, 3.63) is 53.1 Å². The number of methoxy groups -OCH3 is 1. The van der Waals surface area contributed by atoms with Gasteiger partial charge in [-0.05, 0) is 49.2 Å². The Morgan fingerprint density at radius 2 is 1.95 bits per heavy atom. The molecule has 4 heteroatoms. The minimum Gasteiger partial charge on any atom is -0.465 e. The summed E-state index contributed by atoms with van der Waals surface area (Å²) in [7, 11) is 1.34. The van der Waals surface area contributed by atoms with Gasteiger partial charge in [0.25, 0.3) is 0 Å². The zero-order valence-electron chi connectivity index (χ0n) is 11.9. The number of aryl methyl sites for hydroxylation is 1. The highest BCUT2D eigenvalue weighted by Gasteiger charge is 2.11. The van der Waals surface area contributed by atoms with Gasteiger partial charge in [-0.1, -0.05) is 12.1 Å². The molecule has 0 saturated carbocycles. The maximum absolute atomic E-state index is 11.6. The maximum Gasteiger partial charge on any atom is 0.340 e. The molecular weight excluding hydrogens is 252 g/mol. The Balaban J connectivity index is 2.35. The lowest BCUT2D eigenvalue weighted by Gasteiger charge is -2.13. The van der Waals surface area contributed by atoms with Gasteiger partial charge in [-0.2, -0.15) is 0 Å². The van der Waals surface area contributed by atoms with Crippen molar-refractivity contribution in [3.63, 3.8) is 0 Å². The molecule has 104 valence electrons. The summed E-state index contributed by atoms with van der Waals surface area (Å²) in [6.45, 7) is 4.11. The van der Waals surface area contributed by atoms with Crippen molar-refractivity contribution in [1.82, 2.24) is 0 Å². The Hall–Kier alpha value is -2.49. The largest absolute Gasteiger partial charge is 0.465 e. The second-order valence-corrected chi connectivity index (χ2v) is 4.67. The number of nitrogen functional groups attached to an aromatic ring is 1. The number of nitrogens with one attached hydrogen (secondary N) is 1. The lowest BCUT2D eigenvalue weighted by molar-refractivity contribution is 0.0602. The molecule has 2 aromatic carbocycles. The Bertz CT molecular complexity index is 651. The monoisotopic (exact) mass is 270 g/mol. The number of benzene rings is 2. The van der Waals surface area contributed by atoms with Crippen LogP contribution in [0, 0.1) is 13.8 Å². The first-order chi connectivity index (χ1) is 9.52. The first-order valence-corrected chi connectivity index (χ1v) is 6.34. The molecule has 0 bridgehead atoms. The van der Waals surface area contributed by atoms with Crippen molar-refractivity contribution >= 4 is 23.0 Å². The van der Waals surface area contributed by atoms with E-state index in [1.807, 2.05) is 18.2 Å². The zero-order chi connectivity index (χ0) is 14.7. The highest BCUT2D eigenvalue weighted by molar-refractivity contribution is 5.96. The summed E-state index contributed by atoms with van der Waals surface area (Å²) in [5.74, 6) is -0.438. The van der Waals surface area contributed by atoms with Crippen molar-refractivity contribution in [2.75, 3.05) is 18.2 Å². The van der Waals surface area contributed by atoms with Gasteiger partial charge in [0, 0.05) is 17.1 Å². The van der Waals surface area contributed by atoms with Crippen molar-refractivity contribution in [2.45, 2.75) is 13.8 Å². The first-order valence-electron chi connectivity index (χ1n) is 6.34. The molecule has 0 atom stereocenters. The summed E-state index contributed by atoms with van der Waals surface area (Å²) >= 11 is 0. The third kappa shape index (κ3) is 2.74. The van der Waals surface area contributed by atoms with Gasteiger partial charge in [0.2, 0.25) is 0 Å². The third-order valence-electron chi connectivity index (χ3n) is 3.34. The highest BCUT2D eigenvalue weighted by atomic mass is 16.5. The smallest absolute Gasteiger partial charge is 0.340 e. The molecule has 2 rings (SSSR count). The summed E-state index contributed by atoms with van der Waals surface area (Å²) in [4.78, 5) is 11.6. The number of anilines is 3. The molecule has 0 fully saturated rings. The number of hydrogen-bond acceptors (Lipinski definition) is 4. The van der Waals surface area contributed by atoms with E-state index in [9.17, 15) is 4.79 Å². The van der Waals surface area contributed by atoms with E-state index in [-0.39, 0.29) is 0 Å². The van der Waals surface area contributed by atoms with E-state index in [0.717, 1.165) is 11.4 Å². The Morgan fingerprint density at radius 3 is 2.65 bits per heavy atom. The summed E-state index contributed by atoms with van der Waals surface area (Å²) in [6.07, 6.45) is 0. The SMILES string of the molecule is COC(=O)c1cc(Nc2cccc(C)c2C)ccc1N. The second-order valence-electron chi connectivity index (χ2n) is 4.67. The van der Waals surface area contributed by atoms with Crippen LogP contribution >= 0.6 is 0 Å². The number of carbonyl (C=O) groups is 1. The zero-order valence-corrected chi connectivity index (χ0v) is 11.9. The Kier molecular flexibility index (Phi) is 3.94. The summed E-state index contributed by atoms with van der Waals surface area (Å²) in [5.41, 5.74) is 10.7. The van der Waals surface area contributed by atoms with Gasteiger partial charge < -0.3 is 15.8 Å². The molecule has 0 aliphatic carbocycles. The van der Waals surface area contributed by atoms with E-state index in [1.165, 1.54) is 18.2 Å². The summed E-state index contributed by atoms with van der Waals surface area (Å²) in [5, 5.41) is 3.30. The topological polar surface area (TPSA) is 64.3 Å². The van der Waals surface area contributed by atoms with Gasteiger partial charge in [0.15, 0.2) is 0 Å². The maximum atomic E-state index is 11.6. The average molecular weight is 270 g/mol. The molecule has 0 radical (unpaired) electrons. The second kappa shape index (κ2) is 5.65. The van der Waals surface area contributed by atoms with Crippen LogP contribution < -0.4 is 11.1 Å². The van der Waals surface area contributed by atoms with Gasteiger partial charge in [-0.25, -0.2) is 4.79 Å². The molecule has 2 aromatic rings. The molecule has 0 heterocycles. The predicted molar refractivity (Wildman–Crippen MR) is 81.4 cm³/mol. The van der Waals surface area contributed by atoms with Crippen LogP contribution in [-0.2, 0) is 4.74 Å². The quantitative estimate of drug-likeness (QED) is 0.662. The van der Waals surface area contributed by atoms with Crippen molar-refractivity contribution in [1.29, 1.82) is 0 Å². The Morgan fingerprint density at radius 1 is 1.20 bits per heavy atom. The highest BCUT2D eigenvalue weighted by Crippen LogP contribution is 2.25. The van der Waals surface area contributed by atoms with E-state index >= 15 is 0 Å². The summed E-state index contributed by atoms with van der Waals surface area (Å²) in [6, 6.07) is 11.3. The van der Waals surface area contributed by atoms with E-state index in [4.69, 9.17) is 10.5 Å². The van der Waals surface area contributed by atoms with Gasteiger partial charge in [0.05, 0.1) is 12.7 Å². The number of carbonyl (C=O) groups excluding carboxylic acids is 1. The van der Waals surface area contributed by atoms with Crippen LogP contribution in [0.3, 0.4) is 0 Å². The number of esters is 1. The van der Waals surface area contributed by atoms with E-state index in [2.05, 4.69) is 25.2 Å². The van der Waals surface area contributed by atoms with Crippen LogP contribution in [0.25, 0.3) is 0 Å². The Labute approximate surface area is 118 Å². The van der Waals surface area contributed by atoms with Crippen molar-refractivity contribution in [2.24, 2.45) is 0 Å². The predicted octanol–water partition coefficient (Wildman–Crippen LogP) is 3.42. The van der Waals surface area contributed by atoms with Crippen LogP contribution in [0.15, 0.2) is 36.4 Å². The normalized spacial score (nSPS) is 10.2. The molecule has 4 nitrogen and oxygen atoms in total.